The quantitative estimate of drug-likeness (QED) is 0.570. The van der Waals surface area contributed by atoms with Gasteiger partial charge >= 0.3 is 0 Å². The molecule has 3 aromatic rings. The summed E-state index contributed by atoms with van der Waals surface area (Å²) < 4.78 is 0. The Bertz CT molecular complexity index is 784. The van der Waals surface area contributed by atoms with E-state index >= 15 is 0 Å². The van der Waals surface area contributed by atoms with Crippen molar-refractivity contribution in [2.75, 3.05) is 5.73 Å². The zero-order valence-corrected chi connectivity index (χ0v) is 11.4. The van der Waals surface area contributed by atoms with Crippen LogP contribution in [0.5, 0.6) is 0 Å². The number of nitrogens with zero attached hydrogens (tertiary/aromatic N) is 2. The molecule has 0 atom stereocenters. The van der Waals surface area contributed by atoms with Crippen LogP contribution in [0.4, 0.5) is 5.69 Å². The minimum atomic E-state index is 0.679. The van der Waals surface area contributed by atoms with E-state index in [1.165, 1.54) is 0 Å². The Balaban J connectivity index is 1.74. The molecule has 1 aromatic heterocycles. The molecule has 0 aliphatic heterocycles. The van der Waals surface area contributed by atoms with Gasteiger partial charge in [-0.25, -0.2) is 4.98 Å². The molecular weight excluding hydrogens is 268 g/mol. The number of nitrogens with two attached hydrogens (primary N) is 1. The summed E-state index contributed by atoms with van der Waals surface area (Å²) in [5.74, 6) is 0.807. The molecule has 0 bridgehead atoms. The second-order valence-electron chi connectivity index (χ2n) is 4.42. The molecule has 0 aliphatic rings. The Kier molecular flexibility index (Phi) is 3.32. The Hall–Kier alpha value is -2.45. The maximum absolute atomic E-state index is 8.76. The summed E-state index contributed by atoms with van der Waals surface area (Å²) in [6, 6.07) is 15.3. The minimum absolute atomic E-state index is 0.679. The molecule has 1 heterocycles. The third-order valence-electron chi connectivity index (χ3n) is 2.94. The van der Waals surface area contributed by atoms with E-state index in [0.717, 1.165) is 33.2 Å². The maximum Gasteiger partial charge on any atom is 0.166 e. The minimum Gasteiger partial charge on any atom is -0.399 e. The van der Waals surface area contributed by atoms with Gasteiger partial charge in [-0.15, -0.1) is 0 Å². The average molecular weight is 280 g/mol. The van der Waals surface area contributed by atoms with Crippen LogP contribution in [0.1, 0.15) is 11.1 Å². The van der Waals surface area contributed by atoms with Crippen LogP contribution in [0, 0.1) is 11.3 Å². The summed E-state index contributed by atoms with van der Waals surface area (Å²) in [5.41, 5.74) is 10.2. The highest BCUT2D eigenvalue weighted by atomic mass is 32.2. The van der Waals surface area contributed by atoms with Crippen LogP contribution >= 0.6 is 11.8 Å². The number of aromatic amines is 1. The van der Waals surface area contributed by atoms with Crippen LogP contribution in [-0.2, 0) is 5.75 Å². The molecule has 98 valence electrons. The summed E-state index contributed by atoms with van der Waals surface area (Å²) in [6.07, 6.45) is 0. The average Bonchev–Trinajstić information content (AvgIpc) is 2.87. The number of imidazole rings is 1. The van der Waals surface area contributed by atoms with E-state index < -0.39 is 0 Å². The Morgan fingerprint density at radius 1 is 1.20 bits per heavy atom. The fourth-order valence-electron chi connectivity index (χ4n) is 1.90. The van der Waals surface area contributed by atoms with Gasteiger partial charge < -0.3 is 10.7 Å². The zero-order chi connectivity index (χ0) is 13.9. The summed E-state index contributed by atoms with van der Waals surface area (Å²) in [6.45, 7) is 0. The number of aromatic nitrogens is 2. The molecule has 0 unspecified atom stereocenters. The Morgan fingerprint density at radius 2 is 2.00 bits per heavy atom. The van der Waals surface area contributed by atoms with E-state index in [-0.39, 0.29) is 0 Å². The largest absolute Gasteiger partial charge is 0.399 e. The van der Waals surface area contributed by atoms with Crippen LogP contribution in [0.25, 0.3) is 11.0 Å². The number of nitriles is 1. The molecular formula is C15H12N4S. The fraction of sp³-hybridized carbons (Fsp3) is 0.0667. The number of nitrogens with one attached hydrogen (secondary N) is 1. The summed E-state index contributed by atoms with van der Waals surface area (Å²) in [7, 11) is 0. The van der Waals surface area contributed by atoms with Gasteiger partial charge in [0, 0.05) is 11.4 Å². The molecule has 3 rings (SSSR count). The van der Waals surface area contributed by atoms with Gasteiger partial charge in [-0.2, -0.15) is 5.26 Å². The summed E-state index contributed by atoms with van der Waals surface area (Å²) >= 11 is 1.63. The van der Waals surface area contributed by atoms with Crippen LogP contribution in [0.2, 0.25) is 0 Å². The summed E-state index contributed by atoms with van der Waals surface area (Å²) in [4.78, 5) is 7.75. The molecule has 2 aromatic carbocycles. The van der Waals surface area contributed by atoms with Gasteiger partial charge in [0.15, 0.2) is 5.16 Å². The van der Waals surface area contributed by atoms with Crippen LogP contribution < -0.4 is 5.73 Å². The van der Waals surface area contributed by atoms with Gasteiger partial charge in [-0.05, 0) is 35.9 Å². The van der Waals surface area contributed by atoms with E-state index in [1.54, 1.807) is 11.8 Å². The van der Waals surface area contributed by atoms with Crippen molar-refractivity contribution < 1.29 is 0 Å². The van der Waals surface area contributed by atoms with E-state index in [4.69, 9.17) is 11.0 Å². The van der Waals surface area contributed by atoms with Gasteiger partial charge in [-0.1, -0.05) is 23.9 Å². The highest BCUT2D eigenvalue weighted by Gasteiger charge is 2.04. The predicted octanol–water partition coefficient (Wildman–Crippen LogP) is 3.31. The molecule has 0 saturated carbocycles. The van der Waals surface area contributed by atoms with Crippen molar-refractivity contribution in [1.29, 1.82) is 5.26 Å². The van der Waals surface area contributed by atoms with Crippen LogP contribution in [-0.4, -0.2) is 9.97 Å². The number of thioether (sulfide) groups is 1. The number of hydrogen-bond acceptors (Lipinski definition) is 4. The predicted molar refractivity (Wildman–Crippen MR) is 81.2 cm³/mol. The van der Waals surface area contributed by atoms with Gasteiger partial charge in [0.2, 0.25) is 0 Å². The molecule has 0 fully saturated rings. The van der Waals surface area contributed by atoms with E-state index in [0.29, 0.717) is 5.56 Å². The number of fused-ring (bicyclic) bond motifs is 1. The number of hydrogen-bond donors (Lipinski definition) is 2. The number of anilines is 1. The van der Waals surface area contributed by atoms with E-state index in [2.05, 4.69) is 16.0 Å². The first kappa shape index (κ1) is 12.6. The van der Waals surface area contributed by atoms with E-state index in [9.17, 15) is 0 Å². The number of benzene rings is 2. The van der Waals surface area contributed by atoms with Crippen molar-refractivity contribution >= 4 is 28.5 Å². The molecule has 20 heavy (non-hydrogen) atoms. The second kappa shape index (κ2) is 5.27. The first-order valence-corrected chi connectivity index (χ1v) is 7.10. The number of rotatable bonds is 3. The molecule has 0 radical (unpaired) electrons. The standard InChI is InChI=1S/C15H12N4S/c16-8-10-1-3-11(4-2-10)9-20-15-18-13-6-5-12(17)7-14(13)19-15/h1-7H,9,17H2,(H,18,19). The molecule has 0 amide bonds. The lowest BCUT2D eigenvalue weighted by molar-refractivity contribution is 1.08. The van der Waals surface area contributed by atoms with Crippen molar-refractivity contribution in [3.63, 3.8) is 0 Å². The van der Waals surface area contributed by atoms with Gasteiger partial charge in [-0.3, -0.25) is 0 Å². The normalized spacial score (nSPS) is 10.6. The second-order valence-corrected chi connectivity index (χ2v) is 5.38. The maximum atomic E-state index is 8.76. The van der Waals surface area contributed by atoms with Crippen LogP contribution in [0.3, 0.4) is 0 Å². The van der Waals surface area contributed by atoms with Crippen molar-refractivity contribution in [2.24, 2.45) is 0 Å². The van der Waals surface area contributed by atoms with Crippen molar-refractivity contribution in [2.45, 2.75) is 10.9 Å². The highest BCUT2D eigenvalue weighted by Crippen LogP contribution is 2.24. The first-order chi connectivity index (χ1) is 9.74. The molecule has 0 spiro atoms. The molecule has 0 aliphatic carbocycles. The number of nitrogen functional groups attached to an aromatic ring is 1. The topological polar surface area (TPSA) is 78.5 Å². The van der Waals surface area contributed by atoms with Gasteiger partial charge in [0.25, 0.3) is 0 Å². The summed E-state index contributed by atoms with van der Waals surface area (Å²) in [5, 5.41) is 9.63. The highest BCUT2D eigenvalue weighted by molar-refractivity contribution is 7.98. The fourth-order valence-corrected chi connectivity index (χ4v) is 2.74. The molecule has 5 heteroatoms. The molecule has 3 N–H and O–H groups in total. The van der Waals surface area contributed by atoms with E-state index in [1.807, 2.05) is 42.5 Å². The van der Waals surface area contributed by atoms with Gasteiger partial charge in [0.1, 0.15) is 0 Å². The lowest BCUT2D eigenvalue weighted by atomic mass is 10.2. The zero-order valence-electron chi connectivity index (χ0n) is 10.6. The van der Waals surface area contributed by atoms with Crippen molar-refractivity contribution in [3.8, 4) is 6.07 Å². The van der Waals surface area contributed by atoms with Crippen LogP contribution in [0.15, 0.2) is 47.6 Å². The lowest BCUT2D eigenvalue weighted by Crippen LogP contribution is -1.82. The monoisotopic (exact) mass is 280 g/mol. The Labute approximate surface area is 120 Å². The van der Waals surface area contributed by atoms with Gasteiger partial charge in [0.05, 0.1) is 22.7 Å². The Morgan fingerprint density at radius 3 is 2.75 bits per heavy atom. The lowest BCUT2D eigenvalue weighted by Gasteiger charge is -1.98. The third kappa shape index (κ3) is 2.60. The van der Waals surface area contributed by atoms with Crippen molar-refractivity contribution in [3.05, 3.63) is 53.6 Å². The van der Waals surface area contributed by atoms with Crippen molar-refractivity contribution in [1.82, 2.24) is 9.97 Å². The molecule has 4 nitrogen and oxygen atoms in total. The molecule has 0 saturated heterocycles. The third-order valence-corrected chi connectivity index (χ3v) is 3.89. The SMILES string of the molecule is N#Cc1ccc(CSc2nc3ccc(N)cc3[nH]2)cc1. The smallest absolute Gasteiger partial charge is 0.166 e. The number of H-pyrrole nitrogens is 1. The first-order valence-electron chi connectivity index (χ1n) is 6.12.